The number of rotatable bonds is 53. The topological polar surface area (TPSA) is 356 Å². The first-order valence-electron chi connectivity index (χ1n) is 35.0. The molecule has 3 rings (SSSR count). The van der Waals surface area contributed by atoms with E-state index in [1.165, 1.54) is 161 Å². The van der Waals surface area contributed by atoms with Crippen LogP contribution in [-0.4, -0.2) is 216 Å². The fraction of sp³-hybridized carbons (Fsp3) is 0.970. The highest BCUT2D eigenvalue weighted by molar-refractivity contribution is 5.80. The van der Waals surface area contributed by atoms with Gasteiger partial charge in [-0.15, -0.1) is 0 Å². The van der Waals surface area contributed by atoms with Crippen molar-refractivity contribution in [3.8, 4) is 0 Å². The van der Waals surface area contributed by atoms with Crippen molar-refractivity contribution in [3.63, 3.8) is 0 Å². The first-order chi connectivity index (χ1) is 42.5. The van der Waals surface area contributed by atoms with Crippen molar-refractivity contribution in [1.82, 2.24) is 10.6 Å². The van der Waals surface area contributed by atoms with Gasteiger partial charge in [0.2, 0.25) is 11.8 Å². The summed E-state index contributed by atoms with van der Waals surface area (Å²) < 4.78 is 36.1. The fourth-order valence-corrected chi connectivity index (χ4v) is 12.3. The predicted octanol–water partition coefficient (Wildman–Crippen LogP) is 6.03. The van der Waals surface area contributed by atoms with Gasteiger partial charge in [-0.25, -0.2) is 0 Å². The molecule has 0 bridgehead atoms. The zero-order valence-electron chi connectivity index (χ0n) is 54.3. The summed E-state index contributed by atoms with van der Waals surface area (Å²) in [5, 5.41) is 136. The van der Waals surface area contributed by atoms with Crippen molar-refractivity contribution in [2.45, 2.75) is 381 Å². The molecule has 3 heterocycles. The minimum atomic E-state index is -2.03. The molecule has 0 aromatic rings. The third-order valence-electron chi connectivity index (χ3n) is 18.0. The highest BCUT2D eigenvalue weighted by atomic mass is 16.8. The van der Waals surface area contributed by atoms with Crippen molar-refractivity contribution in [1.29, 1.82) is 0 Å². The molecular formula is C66H126N2O20. The second-order valence-corrected chi connectivity index (χ2v) is 25.7. The summed E-state index contributed by atoms with van der Waals surface area (Å²) in [4.78, 5) is 26.2. The van der Waals surface area contributed by atoms with Gasteiger partial charge in [0, 0.05) is 6.92 Å². The quantitative estimate of drug-likeness (QED) is 0.0309. The van der Waals surface area contributed by atoms with E-state index in [9.17, 15) is 70.9 Å². The summed E-state index contributed by atoms with van der Waals surface area (Å²) in [6.45, 7) is 2.30. The highest BCUT2D eigenvalue weighted by Gasteiger charge is 2.55. The lowest BCUT2D eigenvalue weighted by Crippen LogP contribution is -2.69. The molecule has 14 N–H and O–H groups in total. The molecule has 0 saturated carbocycles. The lowest BCUT2D eigenvalue weighted by molar-refractivity contribution is -0.387. The van der Waals surface area contributed by atoms with Gasteiger partial charge in [-0.05, 0) is 12.8 Å². The largest absolute Gasteiger partial charge is 0.394 e. The average Bonchev–Trinajstić information content (AvgIpc) is 1.03. The minimum Gasteiger partial charge on any atom is -0.394 e. The van der Waals surface area contributed by atoms with Crippen LogP contribution in [-0.2, 0) is 38.0 Å². The molecule has 3 saturated heterocycles. The maximum Gasteiger partial charge on any atom is 0.249 e. The van der Waals surface area contributed by atoms with Gasteiger partial charge in [0.05, 0.1) is 38.6 Å². The molecule has 19 atom stereocenters. The number of carbonyl (C=O) groups is 2. The molecule has 0 radical (unpaired) electrons. The Morgan fingerprint density at radius 2 is 0.773 bits per heavy atom. The number of hydrogen-bond acceptors (Lipinski definition) is 20. The van der Waals surface area contributed by atoms with Crippen molar-refractivity contribution >= 4 is 11.8 Å². The van der Waals surface area contributed by atoms with E-state index in [1.54, 1.807) is 0 Å². The molecule has 3 aliphatic rings. The Morgan fingerprint density at radius 1 is 0.420 bits per heavy atom. The normalized spacial score (nSPS) is 29.0. The lowest BCUT2D eigenvalue weighted by atomic mass is 9.95. The predicted molar refractivity (Wildman–Crippen MR) is 333 cm³/mol. The van der Waals surface area contributed by atoms with E-state index >= 15 is 0 Å². The first-order valence-corrected chi connectivity index (χ1v) is 35.0. The molecule has 22 nitrogen and oxygen atoms in total. The number of hydrogen-bond donors (Lipinski definition) is 14. The molecule has 88 heavy (non-hydrogen) atoms. The van der Waals surface area contributed by atoms with Crippen LogP contribution in [0.1, 0.15) is 265 Å². The van der Waals surface area contributed by atoms with E-state index in [0.717, 1.165) is 64.7 Å². The smallest absolute Gasteiger partial charge is 0.249 e. The number of nitrogens with one attached hydrogen (secondary N) is 2. The van der Waals surface area contributed by atoms with Gasteiger partial charge in [-0.2, -0.15) is 0 Å². The van der Waals surface area contributed by atoms with Crippen molar-refractivity contribution in [2.24, 2.45) is 0 Å². The molecule has 2 amide bonds. The van der Waals surface area contributed by atoms with Crippen LogP contribution in [0.15, 0.2) is 0 Å². The summed E-state index contributed by atoms with van der Waals surface area (Å²) in [5.41, 5.74) is 0. The van der Waals surface area contributed by atoms with Gasteiger partial charge in [-0.1, -0.05) is 245 Å². The van der Waals surface area contributed by atoms with Crippen LogP contribution in [0.5, 0.6) is 0 Å². The van der Waals surface area contributed by atoms with Crippen LogP contribution in [0.3, 0.4) is 0 Å². The molecule has 22 heteroatoms. The zero-order valence-corrected chi connectivity index (χ0v) is 54.3. The monoisotopic (exact) mass is 1270 g/mol. The van der Waals surface area contributed by atoms with E-state index in [1.807, 2.05) is 0 Å². The third kappa shape index (κ3) is 31.0. The molecule has 0 aromatic carbocycles. The van der Waals surface area contributed by atoms with Gasteiger partial charge in [0.15, 0.2) is 18.9 Å². The maximum absolute atomic E-state index is 13.8. The second kappa shape index (κ2) is 48.9. The van der Waals surface area contributed by atoms with Crippen molar-refractivity contribution < 1.29 is 99.3 Å². The van der Waals surface area contributed by atoms with Crippen LogP contribution in [0.4, 0.5) is 0 Å². The van der Waals surface area contributed by atoms with Gasteiger partial charge in [0.25, 0.3) is 0 Å². The second-order valence-electron chi connectivity index (χ2n) is 25.7. The van der Waals surface area contributed by atoms with Gasteiger partial charge < -0.3 is 100 Å². The number of ether oxygens (including phenoxy) is 6. The van der Waals surface area contributed by atoms with E-state index in [2.05, 4.69) is 24.5 Å². The summed E-state index contributed by atoms with van der Waals surface area (Å²) in [7, 11) is 0. The van der Waals surface area contributed by atoms with Crippen LogP contribution in [0, 0.1) is 0 Å². The Kier molecular flexibility index (Phi) is 44.7. The van der Waals surface area contributed by atoms with Crippen LogP contribution in [0.2, 0.25) is 0 Å². The summed E-state index contributed by atoms with van der Waals surface area (Å²) >= 11 is 0. The fourth-order valence-electron chi connectivity index (χ4n) is 12.3. The molecule has 3 aliphatic heterocycles. The Balaban J connectivity index is 1.68. The van der Waals surface area contributed by atoms with Gasteiger partial charge >= 0.3 is 0 Å². The minimum absolute atomic E-state index is 0.123. The standard InChI is InChI=1S/C66H126N2O20/c1-4-6-8-10-12-14-16-18-20-21-22-23-24-25-27-29-31-33-35-37-39-41-49(74)63(82)68-47(54(75)48(73)40-38-36-34-32-30-28-26-19-17-15-13-11-9-7-5-2)45-83-66-62(88-65-60(81)59(80)56(77)51(43-70)85-65)61(57(78)52(44-71)86-66)87-64-53(67-46(3)72)58(79)55(76)50(42-69)84-64/h47-62,64-66,69-71,73-81H,4-45H2,1-3H3,(H,67,72)(H,68,82)/t47-,48+,49+,50+,51+,52+,53+,54-,55-,56-,57-,58+,59-,60+,61-,62+,64+,65+,66-/m0/s1. The van der Waals surface area contributed by atoms with Crippen molar-refractivity contribution in [2.75, 3.05) is 26.4 Å². The summed E-state index contributed by atoms with van der Waals surface area (Å²) in [5.74, 6) is -1.55. The number of aliphatic hydroxyl groups is 12. The molecule has 0 unspecified atom stereocenters. The van der Waals surface area contributed by atoms with Crippen LogP contribution < -0.4 is 10.6 Å². The lowest BCUT2D eigenvalue weighted by Gasteiger charge is -2.49. The van der Waals surface area contributed by atoms with E-state index in [4.69, 9.17) is 28.4 Å². The average molecular weight is 1270 g/mol. The van der Waals surface area contributed by atoms with Gasteiger partial charge in [-0.3, -0.25) is 9.59 Å². The Hall–Kier alpha value is -1.78. The molecular weight excluding hydrogens is 1140 g/mol. The zero-order chi connectivity index (χ0) is 64.5. The van der Waals surface area contributed by atoms with Crippen molar-refractivity contribution in [3.05, 3.63) is 0 Å². The molecule has 520 valence electrons. The maximum atomic E-state index is 13.8. The Bertz CT molecular complexity index is 1710. The first kappa shape index (κ1) is 80.5. The number of carbonyl (C=O) groups excluding carboxylic acids is 2. The summed E-state index contributed by atoms with van der Waals surface area (Å²) in [6, 6.07) is -3.01. The van der Waals surface area contributed by atoms with Gasteiger partial charge in [0.1, 0.15) is 85.4 Å². The van der Waals surface area contributed by atoms with E-state index in [0.29, 0.717) is 12.8 Å². The molecule has 3 fully saturated rings. The van der Waals surface area contributed by atoms with E-state index in [-0.39, 0.29) is 12.8 Å². The van der Waals surface area contributed by atoms with Crippen LogP contribution >= 0.6 is 0 Å². The number of aliphatic hydroxyl groups excluding tert-OH is 12. The molecule has 0 spiro atoms. The molecule has 0 aromatic heterocycles. The Morgan fingerprint density at radius 3 is 1.18 bits per heavy atom. The number of amides is 2. The van der Waals surface area contributed by atoms with Crippen LogP contribution in [0.25, 0.3) is 0 Å². The SMILES string of the molecule is CCCCCCCCCCCCCCCCCCCCCCC[C@@H](O)C(=O)N[C@@H](CO[C@H]1O[C@H](CO)[C@H](O)[C@H](O[C@H]2O[C@H](CO)[C@H](O)[C@H](O)[C@H]2NC(C)=O)[C@H]1O[C@H]1O[C@H](CO)[C@H](O)[C@H](O)[C@H]1O)[C@H](O)[C@H](O)CCCCCCCCCCCCCCCCC. The highest BCUT2D eigenvalue weighted by Crippen LogP contribution is 2.35. The van der Waals surface area contributed by atoms with E-state index < -0.39 is 155 Å². The number of unbranched alkanes of at least 4 members (excludes halogenated alkanes) is 34. The Labute approximate surface area is 527 Å². The third-order valence-corrected chi connectivity index (χ3v) is 18.0. The molecule has 0 aliphatic carbocycles. The summed E-state index contributed by atoms with van der Waals surface area (Å²) in [6.07, 6.45) is 13.3.